The molecule has 1 atom stereocenters. The van der Waals surface area contributed by atoms with Gasteiger partial charge in [0, 0.05) is 5.75 Å². The van der Waals surface area contributed by atoms with Gasteiger partial charge < -0.3 is 9.47 Å². The van der Waals surface area contributed by atoms with Gasteiger partial charge in [0.15, 0.2) is 11.5 Å². The Labute approximate surface area is 152 Å². The van der Waals surface area contributed by atoms with Gasteiger partial charge in [0.2, 0.25) is 0 Å². The molecule has 6 heteroatoms. The molecule has 2 aromatic carbocycles. The summed E-state index contributed by atoms with van der Waals surface area (Å²) in [4.78, 5) is 12.1. The first-order valence-corrected chi connectivity index (χ1v) is 8.89. The Balaban J connectivity index is 1.85. The molecule has 25 heavy (non-hydrogen) atoms. The van der Waals surface area contributed by atoms with E-state index in [1.54, 1.807) is 44.3 Å². The minimum Gasteiger partial charge on any atom is -0.493 e. The second-order valence-electron chi connectivity index (χ2n) is 5.29. The fraction of sp³-hybridized carbons (Fsp3) is 0.263. The van der Waals surface area contributed by atoms with E-state index in [0.29, 0.717) is 11.5 Å². The molecule has 0 saturated carbocycles. The van der Waals surface area contributed by atoms with Gasteiger partial charge in [-0.05, 0) is 36.2 Å². The molecule has 1 amide bonds. The van der Waals surface area contributed by atoms with Crippen LogP contribution in [-0.4, -0.2) is 31.6 Å². The largest absolute Gasteiger partial charge is 0.493 e. The Bertz CT molecular complexity index is 720. The third kappa shape index (κ3) is 5.83. The molecule has 0 bridgehead atoms. The molecule has 0 radical (unpaired) electrons. The fourth-order valence-electron chi connectivity index (χ4n) is 2.07. The third-order valence-corrected chi connectivity index (χ3v) is 4.72. The third-order valence-electron chi connectivity index (χ3n) is 3.51. The number of rotatable bonds is 8. The molecule has 5 nitrogen and oxygen atoms in total. The first-order valence-electron chi connectivity index (χ1n) is 7.84. The minimum absolute atomic E-state index is 0.127. The predicted octanol–water partition coefficient (Wildman–Crippen LogP) is 3.48. The molecule has 132 valence electrons. The van der Waals surface area contributed by atoms with Crippen molar-refractivity contribution in [2.75, 3.05) is 14.2 Å². The number of benzene rings is 2. The normalized spacial score (nSPS) is 12.0. The molecular weight excluding hydrogens is 336 g/mol. The van der Waals surface area contributed by atoms with E-state index in [2.05, 4.69) is 10.5 Å². The van der Waals surface area contributed by atoms with Crippen molar-refractivity contribution in [1.29, 1.82) is 0 Å². The van der Waals surface area contributed by atoms with Crippen molar-refractivity contribution in [2.45, 2.75) is 17.9 Å². The molecule has 0 unspecified atom stereocenters. The van der Waals surface area contributed by atoms with Crippen LogP contribution in [0.3, 0.4) is 0 Å². The van der Waals surface area contributed by atoms with E-state index in [0.717, 1.165) is 11.3 Å². The summed E-state index contributed by atoms with van der Waals surface area (Å²) in [5.74, 6) is 1.92. The molecule has 0 aliphatic heterocycles. The van der Waals surface area contributed by atoms with Gasteiger partial charge in [-0.15, -0.1) is 11.8 Å². The number of carbonyl (C=O) groups is 1. The number of amides is 1. The van der Waals surface area contributed by atoms with Gasteiger partial charge in [-0.3, -0.25) is 4.79 Å². The molecule has 2 rings (SSSR count). The van der Waals surface area contributed by atoms with Crippen molar-refractivity contribution < 1.29 is 14.3 Å². The molecule has 1 N–H and O–H groups in total. The summed E-state index contributed by atoms with van der Waals surface area (Å²) in [6, 6.07) is 15.5. The van der Waals surface area contributed by atoms with E-state index in [1.165, 1.54) is 5.56 Å². The standard InChI is InChI=1S/C19H22N2O3S/c1-14(25-13-15-7-5-4-6-8-15)19(22)21-20-12-16-9-10-17(23-2)18(11-16)24-3/h4-12,14H,13H2,1-3H3,(H,21,22)/b20-12-/t14-/m0/s1. The number of hydrogen-bond acceptors (Lipinski definition) is 5. The van der Waals surface area contributed by atoms with Gasteiger partial charge in [0.25, 0.3) is 5.91 Å². The van der Waals surface area contributed by atoms with Gasteiger partial charge in [0.05, 0.1) is 25.7 Å². The van der Waals surface area contributed by atoms with Gasteiger partial charge >= 0.3 is 0 Å². The Kier molecular flexibility index (Phi) is 7.35. The van der Waals surface area contributed by atoms with Gasteiger partial charge in [0.1, 0.15) is 0 Å². The van der Waals surface area contributed by atoms with E-state index >= 15 is 0 Å². The summed E-state index contributed by atoms with van der Waals surface area (Å²) in [5, 5.41) is 3.82. The molecule has 0 aromatic heterocycles. The van der Waals surface area contributed by atoms with Gasteiger partial charge in [-0.2, -0.15) is 5.10 Å². The highest BCUT2D eigenvalue weighted by Gasteiger charge is 2.12. The van der Waals surface area contributed by atoms with Crippen molar-refractivity contribution in [3.63, 3.8) is 0 Å². The first-order chi connectivity index (χ1) is 12.1. The highest BCUT2D eigenvalue weighted by Crippen LogP contribution is 2.26. The van der Waals surface area contributed by atoms with Crippen LogP contribution in [0.2, 0.25) is 0 Å². The Morgan fingerprint density at radius 3 is 2.56 bits per heavy atom. The highest BCUT2D eigenvalue weighted by atomic mass is 32.2. The number of ether oxygens (including phenoxy) is 2. The molecule has 0 heterocycles. The zero-order valence-electron chi connectivity index (χ0n) is 14.6. The van der Waals surface area contributed by atoms with Crippen molar-refractivity contribution in [3.05, 3.63) is 59.7 Å². The number of hydrazone groups is 1. The number of nitrogens with one attached hydrogen (secondary N) is 1. The van der Waals surface area contributed by atoms with E-state index in [9.17, 15) is 4.79 Å². The molecular formula is C19H22N2O3S. The summed E-state index contributed by atoms with van der Waals surface area (Å²) in [6.07, 6.45) is 1.58. The van der Waals surface area contributed by atoms with Crippen molar-refractivity contribution in [1.82, 2.24) is 5.43 Å². The summed E-state index contributed by atoms with van der Waals surface area (Å²) >= 11 is 1.57. The zero-order chi connectivity index (χ0) is 18.1. The van der Waals surface area contributed by atoms with E-state index in [1.807, 2.05) is 43.3 Å². The predicted molar refractivity (Wildman–Crippen MR) is 102 cm³/mol. The van der Waals surface area contributed by atoms with E-state index in [-0.39, 0.29) is 11.2 Å². The van der Waals surface area contributed by atoms with Crippen molar-refractivity contribution in [2.24, 2.45) is 5.10 Å². The minimum atomic E-state index is -0.192. The topological polar surface area (TPSA) is 59.9 Å². The molecule has 0 spiro atoms. The number of methoxy groups -OCH3 is 2. The van der Waals surface area contributed by atoms with Crippen LogP contribution in [0, 0.1) is 0 Å². The second-order valence-corrected chi connectivity index (χ2v) is 6.62. The lowest BCUT2D eigenvalue weighted by atomic mass is 10.2. The highest BCUT2D eigenvalue weighted by molar-refractivity contribution is 7.99. The zero-order valence-corrected chi connectivity index (χ0v) is 15.4. The number of hydrogen-bond donors (Lipinski definition) is 1. The lowest BCUT2D eigenvalue weighted by Crippen LogP contribution is -2.27. The Morgan fingerprint density at radius 2 is 1.88 bits per heavy atom. The molecule has 2 aromatic rings. The molecule has 0 aliphatic rings. The Morgan fingerprint density at radius 1 is 1.16 bits per heavy atom. The average Bonchev–Trinajstić information content (AvgIpc) is 2.66. The van der Waals surface area contributed by atoms with Crippen molar-refractivity contribution in [3.8, 4) is 11.5 Å². The van der Waals surface area contributed by atoms with Crippen LogP contribution < -0.4 is 14.9 Å². The summed E-state index contributed by atoms with van der Waals surface area (Å²) in [5.41, 5.74) is 4.57. The van der Waals surface area contributed by atoms with E-state index in [4.69, 9.17) is 9.47 Å². The lowest BCUT2D eigenvalue weighted by Gasteiger charge is -2.09. The van der Waals surface area contributed by atoms with Crippen LogP contribution in [0.5, 0.6) is 11.5 Å². The van der Waals surface area contributed by atoms with Crippen LogP contribution in [-0.2, 0) is 10.5 Å². The maximum Gasteiger partial charge on any atom is 0.252 e. The van der Waals surface area contributed by atoms with Crippen molar-refractivity contribution >= 4 is 23.9 Å². The van der Waals surface area contributed by atoms with Gasteiger partial charge in [-0.1, -0.05) is 30.3 Å². The number of thioether (sulfide) groups is 1. The monoisotopic (exact) mass is 358 g/mol. The lowest BCUT2D eigenvalue weighted by molar-refractivity contribution is -0.120. The quantitative estimate of drug-likeness (QED) is 0.580. The molecule has 0 aliphatic carbocycles. The summed E-state index contributed by atoms with van der Waals surface area (Å²) in [6.45, 7) is 1.87. The average molecular weight is 358 g/mol. The number of nitrogens with zero attached hydrogens (tertiary/aromatic N) is 1. The number of carbonyl (C=O) groups excluding carboxylic acids is 1. The maximum atomic E-state index is 12.1. The van der Waals surface area contributed by atoms with Gasteiger partial charge in [-0.25, -0.2) is 5.43 Å². The SMILES string of the molecule is COc1ccc(/C=N\NC(=O)[C@H](C)SCc2ccccc2)cc1OC. The van der Waals surface area contributed by atoms with Crippen LogP contribution >= 0.6 is 11.8 Å². The Hall–Kier alpha value is -2.47. The van der Waals surface area contributed by atoms with Crippen LogP contribution in [0.25, 0.3) is 0 Å². The molecule has 0 fully saturated rings. The smallest absolute Gasteiger partial charge is 0.252 e. The van der Waals surface area contributed by atoms with Crippen LogP contribution in [0.4, 0.5) is 0 Å². The van der Waals surface area contributed by atoms with Crippen LogP contribution in [0.1, 0.15) is 18.1 Å². The maximum absolute atomic E-state index is 12.1. The second kappa shape index (κ2) is 9.74. The van der Waals surface area contributed by atoms with E-state index < -0.39 is 0 Å². The summed E-state index contributed by atoms with van der Waals surface area (Å²) < 4.78 is 10.4. The summed E-state index contributed by atoms with van der Waals surface area (Å²) in [7, 11) is 3.16. The molecule has 0 saturated heterocycles. The first kappa shape index (κ1) is 18.9. The van der Waals surface area contributed by atoms with Crippen LogP contribution in [0.15, 0.2) is 53.6 Å². The fourth-order valence-corrected chi connectivity index (χ4v) is 2.90.